The van der Waals surface area contributed by atoms with E-state index < -0.39 is 34.5 Å². The van der Waals surface area contributed by atoms with Gasteiger partial charge in [-0.15, -0.1) is 0 Å². The quantitative estimate of drug-likeness (QED) is 0.666. The highest BCUT2D eigenvalue weighted by Gasteiger charge is 2.24. The number of para-hydroxylation sites is 1. The Kier molecular flexibility index (Phi) is 6.72. The number of hydrogen-bond acceptors (Lipinski definition) is 6. The molecule has 3 N–H and O–H groups in total. The number of sulfonamides is 1. The lowest BCUT2D eigenvalue weighted by atomic mass is 10.2. The lowest BCUT2D eigenvalue weighted by Gasteiger charge is -2.23. The number of rotatable bonds is 7. The van der Waals surface area contributed by atoms with Gasteiger partial charge in [0.25, 0.3) is 15.9 Å². The molecule has 2 aromatic rings. The number of primary amides is 1. The highest BCUT2D eigenvalue weighted by Crippen LogP contribution is 2.24. The number of hydrogen-bond donors (Lipinski definition) is 2. The number of nitrogens with two attached hydrogens (primary N) is 1. The Balaban J connectivity index is 2.22. The van der Waals surface area contributed by atoms with Gasteiger partial charge in [0.15, 0.2) is 6.61 Å². The minimum atomic E-state index is -3.92. The number of amides is 3. The Bertz CT molecular complexity index is 976. The van der Waals surface area contributed by atoms with Gasteiger partial charge in [-0.1, -0.05) is 24.3 Å². The first-order valence-corrected chi connectivity index (χ1v) is 9.64. The molecule has 0 aliphatic rings. The summed E-state index contributed by atoms with van der Waals surface area (Å²) in [6.07, 6.45) is 0. The second-order valence-electron chi connectivity index (χ2n) is 5.52. The monoisotopic (exact) mass is 405 g/mol. The van der Waals surface area contributed by atoms with E-state index in [0.29, 0.717) is 5.69 Å². The zero-order valence-corrected chi connectivity index (χ0v) is 15.8. The summed E-state index contributed by atoms with van der Waals surface area (Å²) in [4.78, 5) is 33.9. The molecule has 0 saturated carbocycles. The number of carbonyl (C=O) groups excluding carboxylic acids is 3. The Morgan fingerprint density at radius 3 is 2.36 bits per heavy atom. The van der Waals surface area contributed by atoms with Crippen molar-refractivity contribution < 1.29 is 27.5 Å². The van der Waals surface area contributed by atoms with Gasteiger partial charge in [0, 0.05) is 6.54 Å². The van der Waals surface area contributed by atoms with Crippen molar-refractivity contribution in [1.82, 2.24) is 5.32 Å². The van der Waals surface area contributed by atoms with Crippen molar-refractivity contribution in [3.05, 3.63) is 60.2 Å². The van der Waals surface area contributed by atoms with E-state index in [1.165, 1.54) is 22.5 Å². The summed E-state index contributed by atoms with van der Waals surface area (Å²) in [7, 11) is -3.92. The van der Waals surface area contributed by atoms with Crippen molar-refractivity contribution in [3.8, 4) is 0 Å². The van der Waals surface area contributed by atoms with Crippen LogP contribution in [-0.4, -0.2) is 39.5 Å². The van der Waals surface area contributed by atoms with Crippen LogP contribution < -0.4 is 15.4 Å². The molecular formula is C18H19N3O6S. The molecule has 10 heteroatoms. The van der Waals surface area contributed by atoms with Gasteiger partial charge in [0.05, 0.1) is 16.1 Å². The Morgan fingerprint density at radius 1 is 1.07 bits per heavy atom. The van der Waals surface area contributed by atoms with Gasteiger partial charge in [-0.3, -0.25) is 14.4 Å². The van der Waals surface area contributed by atoms with Crippen LogP contribution in [0.1, 0.15) is 17.3 Å². The number of ether oxygens (including phenoxy) is 1. The van der Waals surface area contributed by atoms with Crippen molar-refractivity contribution in [2.75, 3.05) is 17.5 Å². The van der Waals surface area contributed by atoms with E-state index in [2.05, 4.69) is 0 Å². The number of urea groups is 1. The van der Waals surface area contributed by atoms with Gasteiger partial charge in [0.1, 0.15) is 0 Å². The fourth-order valence-electron chi connectivity index (χ4n) is 2.38. The molecule has 0 saturated heterocycles. The van der Waals surface area contributed by atoms with E-state index in [4.69, 9.17) is 10.5 Å². The Hall–Kier alpha value is -3.40. The van der Waals surface area contributed by atoms with Crippen LogP contribution in [0.3, 0.4) is 0 Å². The van der Waals surface area contributed by atoms with Gasteiger partial charge in [-0.05, 0) is 37.3 Å². The molecule has 0 atom stereocenters. The summed E-state index contributed by atoms with van der Waals surface area (Å²) < 4.78 is 31.9. The predicted molar refractivity (Wildman–Crippen MR) is 101 cm³/mol. The van der Waals surface area contributed by atoms with Gasteiger partial charge in [-0.2, -0.15) is 0 Å². The maximum atomic E-state index is 13.0. The molecule has 2 rings (SSSR count). The number of carbonyl (C=O) groups is 3. The average Bonchev–Trinajstić information content (AvgIpc) is 2.67. The normalized spacial score (nSPS) is 10.8. The smallest absolute Gasteiger partial charge is 0.338 e. The first-order chi connectivity index (χ1) is 13.3. The third-order valence-corrected chi connectivity index (χ3v) is 5.49. The highest BCUT2D eigenvalue weighted by molar-refractivity contribution is 7.92. The molecule has 2 aromatic carbocycles. The predicted octanol–water partition coefficient (Wildman–Crippen LogP) is 1.25. The van der Waals surface area contributed by atoms with Crippen LogP contribution >= 0.6 is 0 Å². The van der Waals surface area contributed by atoms with Crippen LogP contribution in [-0.2, 0) is 19.6 Å². The van der Waals surface area contributed by atoms with Crippen LogP contribution in [0.5, 0.6) is 0 Å². The fraction of sp³-hybridized carbons (Fsp3) is 0.167. The summed E-state index contributed by atoms with van der Waals surface area (Å²) in [6.45, 7) is 1.15. The SMILES string of the molecule is CCN(c1ccccc1)S(=O)(=O)c1cccc(C(=O)OCC(=O)NC(N)=O)c1. The van der Waals surface area contributed by atoms with Crippen LogP contribution in [0.15, 0.2) is 59.5 Å². The summed E-state index contributed by atoms with van der Waals surface area (Å²) in [5.41, 5.74) is 5.21. The standard InChI is InChI=1S/C18H19N3O6S/c1-2-21(14-8-4-3-5-9-14)28(25,26)15-10-6-7-13(11-15)17(23)27-12-16(22)20-18(19)24/h3-11H,2,12H2,1H3,(H3,19,20,22,24). The number of nitrogens with zero attached hydrogens (tertiary/aromatic N) is 1. The van der Waals surface area contributed by atoms with Gasteiger partial charge >= 0.3 is 12.0 Å². The molecule has 0 fully saturated rings. The van der Waals surface area contributed by atoms with E-state index in [-0.39, 0.29) is 17.0 Å². The lowest BCUT2D eigenvalue weighted by molar-refractivity contribution is -0.123. The molecule has 0 heterocycles. The molecule has 0 bridgehead atoms. The summed E-state index contributed by atoms with van der Waals surface area (Å²) in [6, 6.07) is 12.7. The Morgan fingerprint density at radius 2 is 1.75 bits per heavy atom. The number of imide groups is 1. The lowest BCUT2D eigenvalue weighted by Crippen LogP contribution is -2.37. The molecule has 28 heavy (non-hydrogen) atoms. The number of anilines is 1. The van der Waals surface area contributed by atoms with Crippen molar-refractivity contribution >= 4 is 33.6 Å². The van der Waals surface area contributed by atoms with Crippen LogP contribution in [0.2, 0.25) is 0 Å². The molecule has 0 radical (unpaired) electrons. The number of esters is 1. The minimum absolute atomic E-state index is 0.0583. The second-order valence-corrected chi connectivity index (χ2v) is 7.38. The largest absolute Gasteiger partial charge is 0.452 e. The molecule has 0 spiro atoms. The molecule has 0 aromatic heterocycles. The molecule has 9 nitrogen and oxygen atoms in total. The maximum Gasteiger partial charge on any atom is 0.338 e. The molecule has 0 aliphatic heterocycles. The third kappa shape index (κ3) is 5.07. The summed E-state index contributed by atoms with van der Waals surface area (Å²) in [5.74, 6) is -1.81. The zero-order chi connectivity index (χ0) is 20.7. The van der Waals surface area contributed by atoms with E-state index in [0.717, 1.165) is 6.07 Å². The van der Waals surface area contributed by atoms with Gasteiger partial charge < -0.3 is 10.5 Å². The van der Waals surface area contributed by atoms with E-state index in [1.54, 1.807) is 42.6 Å². The van der Waals surface area contributed by atoms with Crippen LogP contribution in [0.25, 0.3) is 0 Å². The molecule has 3 amide bonds. The third-order valence-electron chi connectivity index (χ3n) is 3.59. The average molecular weight is 405 g/mol. The zero-order valence-electron chi connectivity index (χ0n) is 15.0. The maximum absolute atomic E-state index is 13.0. The van der Waals surface area contributed by atoms with E-state index >= 15 is 0 Å². The number of nitrogens with one attached hydrogen (secondary N) is 1. The topological polar surface area (TPSA) is 136 Å². The van der Waals surface area contributed by atoms with E-state index in [9.17, 15) is 22.8 Å². The Labute approximate surface area is 162 Å². The molecular weight excluding hydrogens is 386 g/mol. The number of benzene rings is 2. The van der Waals surface area contributed by atoms with Crippen molar-refractivity contribution in [1.29, 1.82) is 0 Å². The van der Waals surface area contributed by atoms with Crippen LogP contribution in [0, 0.1) is 0 Å². The van der Waals surface area contributed by atoms with Crippen molar-refractivity contribution in [2.45, 2.75) is 11.8 Å². The molecule has 148 valence electrons. The highest BCUT2D eigenvalue weighted by atomic mass is 32.2. The summed E-state index contributed by atoms with van der Waals surface area (Å²) in [5, 5.41) is 1.75. The van der Waals surface area contributed by atoms with Crippen molar-refractivity contribution in [2.24, 2.45) is 5.73 Å². The van der Waals surface area contributed by atoms with E-state index in [1.807, 2.05) is 0 Å². The van der Waals surface area contributed by atoms with Gasteiger partial charge in [0.2, 0.25) is 0 Å². The summed E-state index contributed by atoms with van der Waals surface area (Å²) >= 11 is 0. The minimum Gasteiger partial charge on any atom is -0.452 e. The molecule has 0 aliphatic carbocycles. The van der Waals surface area contributed by atoms with Crippen molar-refractivity contribution in [3.63, 3.8) is 0 Å². The first kappa shape index (κ1) is 20.9. The molecule has 0 unspecified atom stereocenters. The second kappa shape index (κ2) is 9.00. The fourth-order valence-corrected chi connectivity index (χ4v) is 3.90. The van der Waals surface area contributed by atoms with Gasteiger partial charge in [-0.25, -0.2) is 18.0 Å². The van der Waals surface area contributed by atoms with Crippen LogP contribution in [0.4, 0.5) is 10.5 Å². The first-order valence-electron chi connectivity index (χ1n) is 8.20.